The zero-order chi connectivity index (χ0) is 17.6. The summed E-state index contributed by atoms with van der Waals surface area (Å²) in [6.07, 6.45) is 1.81. The van der Waals surface area contributed by atoms with E-state index in [1.165, 1.54) is 0 Å². The molecule has 23 heavy (non-hydrogen) atoms. The largest absolute Gasteiger partial charge is 0.513 e. The van der Waals surface area contributed by atoms with Crippen molar-refractivity contribution < 1.29 is 18.8 Å². The number of hydrogen-bond donors (Lipinski definition) is 1. The maximum Gasteiger partial charge on any atom is 0.513 e. The van der Waals surface area contributed by atoms with Gasteiger partial charge in [-0.3, -0.25) is 0 Å². The Morgan fingerprint density at radius 3 is 2.30 bits per heavy atom. The predicted octanol–water partition coefficient (Wildman–Crippen LogP) is 1.91. The molecule has 0 radical (unpaired) electrons. The monoisotopic (exact) mass is 324 g/mol. The molecule has 7 heteroatoms. The number of carbonyl (C=O) groups excluding carboxylic acids is 1. The molecule has 2 heterocycles. The van der Waals surface area contributed by atoms with Crippen LogP contribution in [0.5, 0.6) is 0 Å². The van der Waals surface area contributed by atoms with E-state index in [-0.39, 0.29) is 11.4 Å². The number of hydrazine groups is 1. The Labute approximate surface area is 139 Å². The fraction of sp³-hybridized carbons (Fsp3) is 0.812. The second-order valence-electron chi connectivity index (χ2n) is 8.51. The molecular weight excluding hydrogens is 295 g/mol. The summed E-state index contributed by atoms with van der Waals surface area (Å²) in [4.78, 5) is 12.2. The van der Waals surface area contributed by atoms with Crippen molar-refractivity contribution in [2.24, 2.45) is 5.41 Å². The fourth-order valence-electron chi connectivity index (χ4n) is 2.30. The molecule has 1 fully saturated rings. The summed E-state index contributed by atoms with van der Waals surface area (Å²) in [5.41, 5.74) is 2.99. The zero-order valence-corrected chi connectivity index (χ0v) is 15.5. The number of carbonyl (C=O) groups is 1. The van der Waals surface area contributed by atoms with Gasteiger partial charge in [0.05, 0.1) is 23.4 Å². The Morgan fingerprint density at radius 1 is 1.30 bits per heavy atom. The molecule has 6 nitrogen and oxygen atoms in total. The third-order valence-electron chi connectivity index (χ3n) is 4.45. The van der Waals surface area contributed by atoms with Gasteiger partial charge < -0.3 is 19.1 Å². The molecule has 0 aromatic heterocycles. The summed E-state index contributed by atoms with van der Waals surface area (Å²) in [6, 6.07) is -0.517. The Hall–Kier alpha value is -1.05. The molecule has 0 amide bonds. The summed E-state index contributed by atoms with van der Waals surface area (Å²) >= 11 is 0. The molecule has 130 valence electrons. The second-order valence-corrected chi connectivity index (χ2v) is 8.51. The maximum absolute atomic E-state index is 12.2. The number of rotatable bonds is 3. The lowest BCUT2D eigenvalue weighted by atomic mass is 9.83. The number of ether oxygens (including phenoxy) is 1. The molecule has 0 spiro atoms. The minimum absolute atomic E-state index is 0.0571. The van der Waals surface area contributed by atoms with Gasteiger partial charge in [-0.15, -0.1) is 0 Å². The smallest absolute Gasteiger partial charge is 0.464 e. The van der Waals surface area contributed by atoms with Crippen molar-refractivity contribution in [3.05, 3.63) is 11.7 Å². The Bertz CT molecular complexity index is 495. The van der Waals surface area contributed by atoms with E-state index in [2.05, 4.69) is 5.43 Å². The van der Waals surface area contributed by atoms with Crippen LogP contribution in [-0.2, 0) is 18.8 Å². The molecule has 0 aromatic rings. The minimum atomic E-state index is -0.517. The molecule has 1 N–H and O–H groups in total. The molecule has 0 saturated carbocycles. The number of esters is 1. The minimum Gasteiger partial charge on any atom is -0.464 e. The van der Waals surface area contributed by atoms with Crippen LogP contribution in [0.2, 0.25) is 0 Å². The highest BCUT2D eigenvalue weighted by Gasteiger charge is 2.54. The highest BCUT2D eigenvalue weighted by Crippen LogP contribution is 2.39. The SMILES string of the molecule is CN1NC(C(=O)OCC(C)(C)C)C=C1B1OC(C)(C)C(C)(C)O1. The van der Waals surface area contributed by atoms with Crippen LogP contribution in [0, 0.1) is 5.41 Å². The molecule has 2 aliphatic rings. The van der Waals surface area contributed by atoms with Crippen molar-refractivity contribution in [2.75, 3.05) is 13.7 Å². The van der Waals surface area contributed by atoms with Crippen molar-refractivity contribution in [2.45, 2.75) is 65.7 Å². The van der Waals surface area contributed by atoms with E-state index >= 15 is 0 Å². The van der Waals surface area contributed by atoms with Gasteiger partial charge in [-0.25, -0.2) is 10.2 Å². The fourth-order valence-corrected chi connectivity index (χ4v) is 2.30. The molecule has 2 rings (SSSR count). The van der Waals surface area contributed by atoms with Gasteiger partial charge in [-0.1, -0.05) is 20.8 Å². The van der Waals surface area contributed by atoms with Gasteiger partial charge in [0.25, 0.3) is 0 Å². The van der Waals surface area contributed by atoms with Crippen LogP contribution in [-0.4, -0.2) is 49.0 Å². The first-order chi connectivity index (χ1) is 10.3. The van der Waals surface area contributed by atoms with Gasteiger partial charge in [0.1, 0.15) is 6.04 Å². The topological polar surface area (TPSA) is 60.0 Å². The third kappa shape index (κ3) is 3.90. The molecule has 2 aliphatic heterocycles. The van der Waals surface area contributed by atoms with E-state index in [4.69, 9.17) is 14.0 Å². The molecule has 0 bridgehead atoms. The molecule has 0 aromatic carbocycles. The standard InChI is InChI=1S/C16H29BN2O4/c1-14(2,3)10-21-13(20)11-9-12(19(8)18-11)17-22-15(4,5)16(6,7)23-17/h9,11,18H,10H2,1-8H3. The van der Waals surface area contributed by atoms with Crippen LogP contribution in [0.15, 0.2) is 11.7 Å². The van der Waals surface area contributed by atoms with E-state index in [1.54, 1.807) is 5.01 Å². The maximum atomic E-state index is 12.2. The summed E-state index contributed by atoms with van der Waals surface area (Å²) in [5.74, 6) is -0.293. The number of hydrogen-bond acceptors (Lipinski definition) is 6. The lowest BCUT2D eigenvalue weighted by Crippen LogP contribution is -2.42. The number of nitrogens with one attached hydrogen (secondary N) is 1. The van der Waals surface area contributed by atoms with E-state index in [1.807, 2.05) is 61.6 Å². The van der Waals surface area contributed by atoms with Gasteiger partial charge in [0.2, 0.25) is 0 Å². The van der Waals surface area contributed by atoms with Crippen LogP contribution in [0.3, 0.4) is 0 Å². The van der Waals surface area contributed by atoms with Crippen LogP contribution in [0.25, 0.3) is 0 Å². The van der Waals surface area contributed by atoms with E-state index in [9.17, 15) is 4.79 Å². The normalized spacial score (nSPS) is 26.4. The third-order valence-corrected chi connectivity index (χ3v) is 4.45. The zero-order valence-electron chi connectivity index (χ0n) is 15.5. The second kappa shape index (κ2) is 5.79. The molecule has 1 unspecified atom stereocenters. The molecule has 0 aliphatic carbocycles. The average Bonchev–Trinajstić information content (AvgIpc) is 2.84. The van der Waals surface area contributed by atoms with Crippen LogP contribution < -0.4 is 5.43 Å². The van der Waals surface area contributed by atoms with Crippen LogP contribution >= 0.6 is 0 Å². The van der Waals surface area contributed by atoms with Crippen molar-refractivity contribution >= 4 is 13.1 Å². The Morgan fingerprint density at radius 2 is 1.83 bits per heavy atom. The number of nitrogens with zero attached hydrogens (tertiary/aromatic N) is 1. The van der Waals surface area contributed by atoms with E-state index < -0.39 is 24.4 Å². The predicted molar refractivity (Wildman–Crippen MR) is 89.3 cm³/mol. The quantitative estimate of drug-likeness (QED) is 0.632. The van der Waals surface area contributed by atoms with Crippen molar-refractivity contribution in [3.8, 4) is 0 Å². The summed E-state index contributed by atoms with van der Waals surface area (Å²) in [7, 11) is 1.34. The average molecular weight is 324 g/mol. The molecule has 1 saturated heterocycles. The van der Waals surface area contributed by atoms with Gasteiger partial charge in [-0.05, 0) is 39.2 Å². The Kier molecular flexibility index (Phi) is 4.61. The van der Waals surface area contributed by atoms with Crippen molar-refractivity contribution in [1.29, 1.82) is 0 Å². The van der Waals surface area contributed by atoms with Crippen molar-refractivity contribution in [1.82, 2.24) is 10.4 Å². The Balaban J connectivity index is 2.05. The summed E-state index contributed by atoms with van der Waals surface area (Å²) in [6.45, 7) is 14.5. The van der Waals surface area contributed by atoms with Gasteiger partial charge in [-0.2, -0.15) is 0 Å². The molecular formula is C16H29BN2O4. The lowest BCUT2D eigenvalue weighted by molar-refractivity contribution is -0.148. The first kappa shape index (κ1) is 18.3. The summed E-state index contributed by atoms with van der Waals surface area (Å²) in [5, 5.41) is 1.77. The van der Waals surface area contributed by atoms with Crippen molar-refractivity contribution in [3.63, 3.8) is 0 Å². The van der Waals surface area contributed by atoms with Gasteiger partial charge >= 0.3 is 13.1 Å². The molecule has 1 atom stereocenters. The van der Waals surface area contributed by atoms with E-state index in [0.29, 0.717) is 6.61 Å². The van der Waals surface area contributed by atoms with Gasteiger partial charge in [0, 0.05) is 7.05 Å². The first-order valence-corrected chi connectivity index (χ1v) is 8.06. The van der Waals surface area contributed by atoms with Gasteiger partial charge in [0.15, 0.2) is 0 Å². The first-order valence-electron chi connectivity index (χ1n) is 8.06. The van der Waals surface area contributed by atoms with E-state index in [0.717, 1.165) is 5.60 Å². The highest BCUT2D eigenvalue weighted by molar-refractivity contribution is 6.54. The highest BCUT2D eigenvalue weighted by atomic mass is 16.7. The van der Waals surface area contributed by atoms with Crippen LogP contribution in [0.1, 0.15) is 48.5 Å². The van der Waals surface area contributed by atoms with Crippen LogP contribution in [0.4, 0.5) is 0 Å². The lowest BCUT2D eigenvalue weighted by Gasteiger charge is -2.32. The summed E-state index contributed by atoms with van der Waals surface area (Å²) < 4.78 is 17.5.